The smallest absolute Gasteiger partial charge is 0.102 e. The minimum atomic E-state index is -0.0392. The molecular weight excluding hydrogens is 240 g/mol. The summed E-state index contributed by atoms with van der Waals surface area (Å²) in [5.41, 5.74) is 6.22. The maximum absolute atomic E-state index is 5.75. The van der Waals surface area contributed by atoms with Crippen LogP contribution in [0.25, 0.3) is 0 Å². The minimum absolute atomic E-state index is 0.0392. The predicted molar refractivity (Wildman–Crippen MR) is 71.0 cm³/mol. The van der Waals surface area contributed by atoms with Crippen molar-refractivity contribution < 1.29 is 0 Å². The largest absolute Gasteiger partial charge is 0.271 e. The van der Waals surface area contributed by atoms with Gasteiger partial charge in [-0.15, -0.1) is 0 Å². The molecule has 0 aromatic carbocycles. The summed E-state index contributed by atoms with van der Waals surface area (Å²) >= 11 is 0. The van der Waals surface area contributed by atoms with Gasteiger partial charge in [0.05, 0.1) is 12.2 Å². The zero-order chi connectivity index (χ0) is 13.2. The van der Waals surface area contributed by atoms with Crippen molar-refractivity contribution in [1.29, 1.82) is 0 Å². The molecule has 0 saturated carbocycles. The van der Waals surface area contributed by atoms with E-state index in [0.29, 0.717) is 0 Å². The summed E-state index contributed by atoms with van der Waals surface area (Å²) in [5, 5.41) is 8.49. The third-order valence-electron chi connectivity index (χ3n) is 3.76. The molecule has 2 aromatic heterocycles. The molecule has 100 valence electrons. The van der Waals surface area contributed by atoms with Gasteiger partial charge < -0.3 is 0 Å². The lowest BCUT2D eigenvalue weighted by Crippen LogP contribution is -2.34. The number of rotatable bonds is 3. The number of hydrogen-bond donors (Lipinski definition) is 2. The van der Waals surface area contributed by atoms with Crippen LogP contribution in [-0.4, -0.2) is 20.0 Å². The number of nitrogens with one attached hydrogen (secondary N) is 1. The quantitative estimate of drug-likeness (QED) is 0.629. The van der Waals surface area contributed by atoms with Gasteiger partial charge in [0.1, 0.15) is 5.69 Å². The summed E-state index contributed by atoms with van der Waals surface area (Å²) in [5.74, 6) is 6.00. The van der Waals surface area contributed by atoms with Crippen LogP contribution < -0.4 is 11.3 Å². The second kappa shape index (κ2) is 5.07. The molecule has 0 bridgehead atoms. The first-order valence-electron chi connectivity index (χ1n) is 6.55. The van der Waals surface area contributed by atoms with Gasteiger partial charge in [-0.25, -0.2) is 0 Å². The van der Waals surface area contributed by atoms with E-state index >= 15 is 0 Å². The number of hydrogen-bond acceptors (Lipinski definition) is 5. The molecule has 1 aliphatic rings. The summed E-state index contributed by atoms with van der Waals surface area (Å²) in [4.78, 5) is 6.11. The number of nitrogens with zero attached hydrogens (tertiary/aromatic N) is 4. The number of aromatic nitrogens is 4. The van der Waals surface area contributed by atoms with Gasteiger partial charge in [0.15, 0.2) is 0 Å². The Balaban J connectivity index is 1.97. The van der Waals surface area contributed by atoms with E-state index in [1.165, 1.54) is 5.56 Å². The van der Waals surface area contributed by atoms with Gasteiger partial charge in [0.2, 0.25) is 0 Å². The molecule has 0 radical (unpaired) electrons. The van der Waals surface area contributed by atoms with E-state index in [2.05, 4.69) is 26.7 Å². The molecule has 2 heterocycles. The van der Waals surface area contributed by atoms with Crippen LogP contribution in [0.3, 0.4) is 0 Å². The molecule has 2 aromatic rings. The molecule has 0 spiro atoms. The third-order valence-corrected chi connectivity index (χ3v) is 3.76. The van der Waals surface area contributed by atoms with E-state index < -0.39 is 0 Å². The van der Waals surface area contributed by atoms with E-state index in [9.17, 15) is 0 Å². The highest BCUT2D eigenvalue weighted by atomic mass is 15.5. The van der Waals surface area contributed by atoms with Crippen molar-refractivity contribution in [2.24, 2.45) is 12.9 Å². The fraction of sp³-hybridized carbons (Fsp3) is 0.462. The number of pyridine rings is 1. The summed E-state index contributed by atoms with van der Waals surface area (Å²) in [6, 6.07) is 4.11. The topological polar surface area (TPSA) is 81.7 Å². The number of aryl methyl sites for hydroxylation is 2. The van der Waals surface area contributed by atoms with Gasteiger partial charge in [0, 0.05) is 24.9 Å². The molecule has 3 rings (SSSR count). The van der Waals surface area contributed by atoms with Gasteiger partial charge in [-0.3, -0.25) is 16.3 Å². The molecule has 6 heteroatoms. The fourth-order valence-electron chi connectivity index (χ4n) is 2.88. The minimum Gasteiger partial charge on any atom is -0.271 e. The second-order valence-electron chi connectivity index (χ2n) is 4.95. The Morgan fingerprint density at radius 2 is 2.42 bits per heavy atom. The van der Waals surface area contributed by atoms with Crippen LogP contribution in [-0.2, 0) is 13.5 Å². The fourth-order valence-corrected chi connectivity index (χ4v) is 2.88. The maximum Gasteiger partial charge on any atom is 0.102 e. The van der Waals surface area contributed by atoms with Crippen molar-refractivity contribution in [1.82, 2.24) is 25.4 Å². The average molecular weight is 258 g/mol. The standard InChI is InChI=1S/C13H18N6/c1-19-16-8-11(18-19)13(17-14)10-6-2-4-9-5-3-7-15-12(9)10/h3,5,7-8,10,13,17H,2,4,6,14H2,1H3. The molecule has 3 N–H and O–H groups in total. The Labute approximate surface area is 112 Å². The van der Waals surface area contributed by atoms with Crippen LogP contribution in [0, 0.1) is 0 Å². The van der Waals surface area contributed by atoms with Crippen LogP contribution >= 0.6 is 0 Å². The zero-order valence-corrected chi connectivity index (χ0v) is 11.0. The van der Waals surface area contributed by atoms with Crippen molar-refractivity contribution in [3.8, 4) is 0 Å². The molecule has 0 amide bonds. The highest BCUT2D eigenvalue weighted by Crippen LogP contribution is 2.37. The first kappa shape index (κ1) is 12.3. The molecular formula is C13H18N6. The van der Waals surface area contributed by atoms with Gasteiger partial charge in [0.25, 0.3) is 0 Å². The summed E-state index contributed by atoms with van der Waals surface area (Å²) < 4.78 is 0. The average Bonchev–Trinajstić information content (AvgIpc) is 2.86. The maximum atomic E-state index is 5.75. The number of nitrogens with two attached hydrogens (primary N) is 1. The Morgan fingerprint density at radius 1 is 1.53 bits per heavy atom. The van der Waals surface area contributed by atoms with Crippen molar-refractivity contribution >= 4 is 0 Å². The van der Waals surface area contributed by atoms with Crippen molar-refractivity contribution in [3.05, 3.63) is 41.5 Å². The van der Waals surface area contributed by atoms with Crippen LogP contribution in [0.15, 0.2) is 24.5 Å². The second-order valence-corrected chi connectivity index (χ2v) is 4.95. The molecule has 19 heavy (non-hydrogen) atoms. The van der Waals surface area contributed by atoms with Crippen molar-refractivity contribution in [2.75, 3.05) is 0 Å². The van der Waals surface area contributed by atoms with E-state index in [1.807, 2.05) is 19.3 Å². The first-order valence-corrected chi connectivity index (χ1v) is 6.55. The van der Waals surface area contributed by atoms with Gasteiger partial charge in [-0.2, -0.15) is 15.0 Å². The molecule has 2 atom stereocenters. The number of fused-ring (bicyclic) bond motifs is 1. The lowest BCUT2D eigenvalue weighted by atomic mass is 9.81. The molecule has 1 aliphatic carbocycles. The lowest BCUT2D eigenvalue weighted by Gasteiger charge is -2.29. The lowest BCUT2D eigenvalue weighted by molar-refractivity contribution is 0.390. The zero-order valence-electron chi connectivity index (χ0n) is 11.0. The van der Waals surface area contributed by atoms with Crippen LogP contribution in [0.2, 0.25) is 0 Å². The first-order chi connectivity index (χ1) is 9.29. The molecule has 0 aliphatic heterocycles. The van der Waals surface area contributed by atoms with Crippen molar-refractivity contribution in [2.45, 2.75) is 31.2 Å². The van der Waals surface area contributed by atoms with Crippen LogP contribution in [0.4, 0.5) is 0 Å². The Bertz CT molecular complexity index is 564. The van der Waals surface area contributed by atoms with Crippen molar-refractivity contribution in [3.63, 3.8) is 0 Å². The van der Waals surface area contributed by atoms with Crippen LogP contribution in [0.5, 0.6) is 0 Å². The Kier molecular flexibility index (Phi) is 3.27. The summed E-state index contributed by atoms with van der Waals surface area (Å²) in [6.07, 6.45) is 6.93. The predicted octanol–water partition coefficient (Wildman–Crippen LogP) is 0.835. The van der Waals surface area contributed by atoms with Gasteiger partial charge >= 0.3 is 0 Å². The monoisotopic (exact) mass is 258 g/mol. The van der Waals surface area contributed by atoms with E-state index in [0.717, 1.165) is 30.7 Å². The molecule has 0 fully saturated rings. The van der Waals surface area contributed by atoms with E-state index in [-0.39, 0.29) is 12.0 Å². The molecule has 0 saturated heterocycles. The number of hydrazine groups is 1. The summed E-state index contributed by atoms with van der Waals surface area (Å²) in [7, 11) is 1.81. The summed E-state index contributed by atoms with van der Waals surface area (Å²) in [6.45, 7) is 0. The van der Waals surface area contributed by atoms with Gasteiger partial charge in [-0.1, -0.05) is 6.07 Å². The Morgan fingerprint density at radius 3 is 3.16 bits per heavy atom. The van der Waals surface area contributed by atoms with E-state index in [4.69, 9.17) is 5.84 Å². The highest BCUT2D eigenvalue weighted by molar-refractivity contribution is 5.28. The van der Waals surface area contributed by atoms with Crippen LogP contribution in [0.1, 0.15) is 41.8 Å². The normalized spacial score (nSPS) is 20.0. The SMILES string of the molecule is Cn1ncc(C(NN)C2CCCc3cccnc32)n1. The molecule has 2 unspecified atom stereocenters. The highest BCUT2D eigenvalue weighted by Gasteiger charge is 2.31. The Hall–Kier alpha value is -1.79. The molecule has 6 nitrogen and oxygen atoms in total. The third kappa shape index (κ3) is 2.24. The van der Waals surface area contributed by atoms with E-state index in [1.54, 1.807) is 11.0 Å². The van der Waals surface area contributed by atoms with Gasteiger partial charge in [-0.05, 0) is 30.9 Å².